The molecule has 0 aliphatic carbocycles. The molecule has 1 aromatic heterocycles. The van der Waals surface area contributed by atoms with Crippen molar-refractivity contribution in [1.29, 1.82) is 0 Å². The number of aromatic amines is 1. The fourth-order valence-electron chi connectivity index (χ4n) is 3.95. The van der Waals surface area contributed by atoms with Gasteiger partial charge < -0.3 is 10.2 Å². The number of nitrogens with zero attached hydrogens (tertiary/aromatic N) is 3. The molecule has 3 aromatic rings. The number of aromatic nitrogens is 2. The van der Waals surface area contributed by atoms with Crippen LogP contribution in [0.1, 0.15) is 18.2 Å². The molecule has 33 heavy (non-hydrogen) atoms. The van der Waals surface area contributed by atoms with Crippen molar-refractivity contribution in [3.63, 3.8) is 0 Å². The maximum Gasteiger partial charge on any atom is 0.332 e. The lowest BCUT2D eigenvalue weighted by Gasteiger charge is -2.19. The fraction of sp³-hybridized carbons (Fsp3) is 0.304. The number of halogens is 2. The van der Waals surface area contributed by atoms with E-state index in [0.29, 0.717) is 28.6 Å². The lowest BCUT2D eigenvalue weighted by Crippen LogP contribution is -2.39. The molecule has 1 saturated heterocycles. The summed E-state index contributed by atoms with van der Waals surface area (Å²) < 4.78 is 27.0. The Morgan fingerprint density at radius 2 is 1.85 bits per heavy atom. The van der Waals surface area contributed by atoms with Crippen LogP contribution < -0.4 is 15.8 Å². The van der Waals surface area contributed by atoms with Gasteiger partial charge in [-0.25, -0.2) is 23.6 Å². The minimum absolute atomic E-state index is 0.137. The van der Waals surface area contributed by atoms with E-state index in [4.69, 9.17) is 0 Å². The topological polar surface area (TPSA) is 98.4 Å². The van der Waals surface area contributed by atoms with Crippen LogP contribution in [0.15, 0.2) is 47.3 Å². The Bertz CT molecular complexity index is 1260. The molecule has 1 aliphatic rings. The number of anilines is 1. The van der Waals surface area contributed by atoms with Crippen molar-refractivity contribution in [3.05, 3.63) is 69.9 Å². The van der Waals surface area contributed by atoms with Crippen molar-refractivity contribution in [2.75, 3.05) is 31.2 Å². The van der Waals surface area contributed by atoms with E-state index < -0.39 is 30.5 Å². The molecule has 4 rings (SSSR count). The number of hydrogen-bond acceptors (Lipinski definition) is 5. The minimum Gasteiger partial charge on any atom is -0.312 e. The van der Waals surface area contributed by atoms with Gasteiger partial charge in [0.25, 0.3) is 11.5 Å². The molecule has 2 heterocycles. The van der Waals surface area contributed by atoms with Gasteiger partial charge in [0.1, 0.15) is 18.5 Å². The summed E-state index contributed by atoms with van der Waals surface area (Å²) in [6.45, 7) is 1.70. The fourth-order valence-corrected chi connectivity index (χ4v) is 3.95. The molecule has 2 N–H and O–H groups in total. The first-order valence-electron chi connectivity index (χ1n) is 10.6. The molecule has 0 spiro atoms. The van der Waals surface area contributed by atoms with Gasteiger partial charge >= 0.3 is 6.03 Å². The second-order valence-electron chi connectivity index (χ2n) is 7.77. The monoisotopic (exact) mass is 455 g/mol. The first-order valence-corrected chi connectivity index (χ1v) is 10.6. The Morgan fingerprint density at radius 3 is 2.61 bits per heavy atom. The number of fused-ring (bicyclic) bond motifs is 1. The third kappa shape index (κ3) is 4.34. The molecule has 1 unspecified atom stereocenters. The summed E-state index contributed by atoms with van der Waals surface area (Å²) in [6.07, 6.45) is 0.257. The molecule has 1 aliphatic heterocycles. The Kier molecular flexibility index (Phi) is 6.45. The predicted molar refractivity (Wildman–Crippen MR) is 119 cm³/mol. The summed E-state index contributed by atoms with van der Waals surface area (Å²) in [4.78, 5) is 39.9. The molecule has 3 amide bonds. The zero-order valence-electron chi connectivity index (χ0n) is 18.0. The van der Waals surface area contributed by atoms with Gasteiger partial charge in [0.05, 0.1) is 16.8 Å². The van der Waals surface area contributed by atoms with Gasteiger partial charge in [0.15, 0.2) is 0 Å². The van der Waals surface area contributed by atoms with Crippen molar-refractivity contribution in [2.45, 2.75) is 19.4 Å². The number of alkyl halides is 1. The van der Waals surface area contributed by atoms with Crippen molar-refractivity contribution >= 4 is 28.4 Å². The van der Waals surface area contributed by atoms with Crippen molar-refractivity contribution in [3.8, 4) is 0 Å². The normalized spacial score (nSPS) is 16.3. The third-order valence-corrected chi connectivity index (χ3v) is 5.68. The molecule has 0 saturated carbocycles. The van der Waals surface area contributed by atoms with Crippen LogP contribution in [0.5, 0.6) is 0 Å². The van der Waals surface area contributed by atoms with E-state index in [-0.39, 0.29) is 30.8 Å². The van der Waals surface area contributed by atoms with Gasteiger partial charge in [-0.05, 0) is 30.7 Å². The number of carbonyl (C=O) groups is 2. The van der Waals surface area contributed by atoms with Crippen LogP contribution in [0, 0.1) is 5.82 Å². The van der Waals surface area contributed by atoms with Gasteiger partial charge in [-0.15, -0.1) is 0 Å². The number of urea groups is 1. The average Bonchev–Trinajstić information content (AvgIpc) is 3.03. The van der Waals surface area contributed by atoms with Crippen LogP contribution in [0.25, 0.3) is 10.8 Å². The van der Waals surface area contributed by atoms with Crippen LogP contribution >= 0.6 is 0 Å². The van der Waals surface area contributed by atoms with E-state index >= 15 is 0 Å². The van der Waals surface area contributed by atoms with E-state index in [1.165, 1.54) is 17.0 Å². The zero-order valence-corrected chi connectivity index (χ0v) is 18.0. The molecular weight excluding hydrogens is 432 g/mol. The summed E-state index contributed by atoms with van der Waals surface area (Å²) in [7, 11) is 0. The zero-order chi connectivity index (χ0) is 23.5. The van der Waals surface area contributed by atoms with E-state index in [1.54, 1.807) is 37.3 Å². The van der Waals surface area contributed by atoms with Gasteiger partial charge in [-0.3, -0.25) is 9.59 Å². The minimum atomic E-state index is -0.766. The molecular formula is C23H23F2N5O3. The average molecular weight is 455 g/mol. The highest BCUT2D eigenvalue weighted by Crippen LogP contribution is 2.29. The van der Waals surface area contributed by atoms with Crippen LogP contribution in [-0.2, 0) is 11.2 Å². The molecule has 1 fully saturated rings. The largest absolute Gasteiger partial charge is 0.332 e. The Labute approximate surface area is 188 Å². The summed E-state index contributed by atoms with van der Waals surface area (Å²) in [6, 6.07) is 9.82. The maximum atomic E-state index is 14.7. The second kappa shape index (κ2) is 9.45. The summed E-state index contributed by atoms with van der Waals surface area (Å²) >= 11 is 0. The Balaban J connectivity index is 1.62. The number of carbonyl (C=O) groups excluding carboxylic acids is 2. The van der Waals surface area contributed by atoms with Gasteiger partial charge in [-0.2, -0.15) is 5.10 Å². The maximum absolute atomic E-state index is 14.7. The third-order valence-electron chi connectivity index (χ3n) is 5.68. The highest BCUT2D eigenvalue weighted by Gasteiger charge is 2.44. The van der Waals surface area contributed by atoms with Gasteiger partial charge in [0.2, 0.25) is 0 Å². The van der Waals surface area contributed by atoms with Crippen LogP contribution in [0.3, 0.4) is 0 Å². The van der Waals surface area contributed by atoms with E-state index in [1.807, 2.05) is 0 Å². The smallest absolute Gasteiger partial charge is 0.312 e. The highest BCUT2D eigenvalue weighted by molar-refractivity contribution is 6.21. The summed E-state index contributed by atoms with van der Waals surface area (Å²) in [5.74, 6) is -1.24. The number of rotatable bonds is 8. The van der Waals surface area contributed by atoms with E-state index in [9.17, 15) is 23.2 Å². The van der Waals surface area contributed by atoms with Crippen molar-refractivity contribution < 1.29 is 18.4 Å². The second-order valence-corrected chi connectivity index (χ2v) is 7.77. The lowest BCUT2D eigenvalue weighted by atomic mass is 10.0. The number of imide groups is 1. The van der Waals surface area contributed by atoms with E-state index in [2.05, 4.69) is 15.5 Å². The molecule has 172 valence electrons. The first kappa shape index (κ1) is 22.5. The molecule has 8 nitrogen and oxygen atoms in total. The predicted octanol–water partition coefficient (Wildman–Crippen LogP) is 2.37. The summed E-state index contributed by atoms with van der Waals surface area (Å²) in [5, 5.41) is 10.6. The van der Waals surface area contributed by atoms with Crippen molar-refractivity contribution in [2.24, 2.45) is 0 Å². The molecule has 10 heteroatoms. The van der Waals surface area contributed by atoms with Crippen LogP contribution in [-0.4, -0.2) is 59.4 Å². The van der Waals surface area contributed by atoms with E-state index in [0.717, 1.165) is 4.90 Å². The van der Waals surface area contributed by atoms with Crippen LogP contribution in [0.2, 0.25) is 0 Å². The lowest BCUT2D eigenvalue weighted by molar-refractivity contribution is -0.119. The summed E-state index contributed by atoms with van der Waals surface area (Å²) in [5.41, 5.74) is 0.753. The number of amides is 3. The molecule has 0 bridgehead atoms. The SMILES string of the molecule is CC1C(=O)N(c2cc(Cc3n[nH]c(=O)c4ccccc34)ccc2F)C(=O)N1CCNCCF. The molecule has 1 atom stereocenters. The standard InChI is InChI=1S/C23H23F2N5O3/c1-14-22(32)30(23(33)29(14)11-10-26-9-8-24)20-13-15(6-7-18(20)25)12-19-16-4-2-3-5-17(16)21(31)28-27-19/h2-7,13-14,26H,8-12H2,1H3,(H,28,31). The quantitative estimate of drug-likeness (QED) is 0.402. The number of nitrogens with one attached hydrogen (secondary N) is 2. The van der Waals surface area contributed by atoms with Gasteiger partial charge in [-0.1, -0.05) is 24.3 Å². The van der Waals surface area contributed by atoms with Gasteiger partial charge in [0, 0.05) is 31.4 Å². The number of H-pyrrole nitrogens is 1. The highest BCUT2D eigenvalue weighted by atomic mass is 19.1. The van der Waals surface area contributed by atoms with Crippen LogP contribution in [0.4, 0.5) is 19.3 Å². The number of hydrogen-bond donors (Lipinski definition) is 2. The number of benzene rings is 2. The Hall–Kier alpha value is -3.66. The molecule has 0 radical (unpaired) electrons. The van der Waals surface area contributed by atoms with Crippen molar-refractivity contribution in [1.82, 2.24) is 20.4 Å². The Morgan fingerprint density at radius 1 is 1.09 bits per heavy atom. The first-order chi connectivity index (χ1) is 15.9. The molecule has 2 aromatic carbocycles.